The Balaban J connectivity index is 1.45. The third kappa shape index (κ3) is 4.58. The zero-order valence-corrected chi connectivity index (χ0v) is 16.4. The minimum atomic E-state index is -0.0490. The molecule has 144 valence electrons. The molecule has 2 aromatic heterocycles. The fourth-order valence-electron chi connectivity index (χ4n) is 3.29. The smallest absolute Gasteiger partial charge is 0.228 e. The Morgan fingerprint density at radius 2 is 1.69 bits per heavy atom. The van der Waals surface area contributed by atoms with Crippen LogP contribution in [-0.4, -0.2) is 15.9 Å². The number of aromatic nitrogens is 2. The summed E-state index contributed by atoms with van der Waals surface area (Å²) < 4.78 is 0. The van der Waals surface area contributed by atoms with Gasteiger partial charge in [0.25, 0.3) is 0 Å². The van der Waals surface area contributed by atoms with E-state index in [4.69, 9.17) is 0 Å². The first kappa shape index (κ1) is 18.6. The predicted molar refractivity (Wildman–Crippen MR) is 118 cm³/mol. The van der Waals surface area contributed by atoms with Crippen molar-refractivity contribution in [1.82, 2.24) is 9.97 Å². The standard InChI is InChI=1S/C24H22N4O/c1-16-13-20(11-12-25-16)28-24(29)15-18-7-9-19(10-8-18)27-23-14-17(2)26-22-6-4-3-5-21(22)23/h3-14H,15H2,1-2H3,(H,26,27)(H,25,28,29). The number of benzene rings is 2. The van der Waals surface area contributed by atoms with Crippen molar-refractivity contribution in [2.75, 3.05) is 10.6 Å². The maximum atomic E-state index is 12.3. The van der Waals surface area contributed by atoms with Gasteiger partial charge in [-0.1, -0.05) is 30.3 Å². The van der Waals surface area contributed by atoms with Gasteiger partial charge in [-0.15, -0.1) is 0 Å². The van der Waals surface area contributed by atoms with Crippen molar-refractivity contribution in [2.45, 2.75) is 20.3 Å². The molecule has 4 aromatic rings. The first-order valence-electron chi connectivity index (χ1n) is 9.52. The maximum Gasteiger partial charge on any atom is 0.228 e. The number of hydrogen-bond donors (Lipinski definition) is 2. The number of amides is 1. The van der Waals surface area contributed by atoms with E-state index in [1.54, 1.807) is 12.3 Å². The molecular weight excluding hydrogens is 360 g/mol. The molecule has 2 N–H and O–H groups in total. The fraction of sp³-hybridized carbons (Fsp3) is 0.125. The number of para-hydroxylation sites is 1. The van der Waals surface area contributed by atoms with E-state index >= 15 is 0 Å². The lowest BCUT2D eigenvalue weighted by Gasteiger charge is -2.11. The summed E-state index contributed by atoms with van der Waals surface area (Å²) in [6.07, 6.45) is 2.01. The number of hydrogen-bond acceptors (Lipinski definition) is 4. The molecule has 0 unspecified atom stereocenters. The summed E-state index contributed by atoms with van der Waals surface area (Å²) in [5.41, 5.74) is 6.51. The highest BCUT2D eigenvalue weighted by atomic mass is 16.1. The summed E-state index contributed by atoms with van der Waals surface area (Å²) in [5, 5.41) is 7.46. The van der Waals surface area contributed by atoms with E-state index in [9.17, 15) is 4.79 Å². The minimum Gasteiger partial charge on any atom is -0.355 e. The first-order chi connectivity index (χ1) is 14.1. The van der Waals surface area contributed by atoms with Crippen LogP contribution in [0.2, 0.25) is 0 Å². The summed E-state index contributed by atoms with van der Waals surface area (Å²) in [6, 6.07) is 21.7. The monoisotopic (exact) mass is 382 g/mol. The van der Waals surface area contributed by atoms with Crippen LogP contribution in [0.25, 0.3) is 10.9 Å². The maximum absolute atomic E-state index is 12.3. The summed E-state index contributed by atoms with van der Waals surface area (Å²) in [7, 11) is 0. The largest absolute Gasteiger partial charge is 0.355 e. The number of nitrogens with one attached hydrogen (secondary N) is 2. The van der Waals surface area contributed by atoms with Gasteiger partial charge in [0.15, 0.2) is 0 Å². The lowest BCUT2D eigenvalue weighted by atomic mass is 10.1. The predicted octanol–water partition coefficient (Wildman–Crippen LogP) is 5.17. The number of anilines is 3. The fourth-order valence-corrected chi connectivity index (χ4v) is 3.29. The van der Waals surface area contributed by atoms with Crippen LogP contribution < -0.4 is 10.6 Å². The Labute approximate surface area is 169 Å². The summed E-state index contributed by atoms with van der Waals surface area (Å²) >= 11 is 0. The Hall–Kier alpha value is -3.73. The van der Waals surface area contributed by atoms with Crippen molar-refractivity contribution in [1.29, 1.82) is 0 Å². The van der Waals surface area contributed by atoms with Gasteiger partial charge in [-0.05, 0) is 55.8 Å². The molecular formula is C24H22N4O. The molecule has 4 rings (SSSR count). The molecule has 5 nitrogen and oxygen atoms in total. The Bertz CT molecular complexity index is 1170. The van der Waals surface area contributed by atoms with E-state index in [0.717, 1.165) is 44.9 Å². The molecule has 5 heteroatoms. The van der Waals surface area contributed by atoms with E-state index in [1.807, 2.05) is 68.4 Å². The average Bonchev–Trinajstić information content (AvgIpc) is 2.69. The topological polar surface area (TPSA) is 66.9 Å². The van der Waals surface area contributed by atoms with Crippen molar-refractivity contribution in [3.63, 3.8) is 0 Å². The molecule has 0 fully saturated rings. The van der Waals surface area contributed by atoms with Gasteiger partial charge in [-0.3, -0.25) is 14.8 Å². The second-order valence-electron chi connectivity index (χ2n) is 7.06. The van der Waals surface area contributed by atoms with Gasteiger partial charge in [0.05, 0.1) is 11.9 Å². The Morgan fingerprint density at radius 1 is 0.897 bits per heavy atom. The van der Waals surface area contributed by atoms with Crippen LogP contribution >= 0.6 is 0 Å². The quantitative estimate of drug-likeness (QED) is 0.500. The summed E-state index contributed by atoms with van der Waals surface area (Å²) in [5.74, 6) is -0.0490. The molecule has 0 aliphatic rings. The number of rotatable bonds is 5. The number of fused-ring (bicyclic) bond motifs is 1. The van der Waals surface area contributed by atoms with Crippen molar-refractivity contribution in [3.05, 3.63) is 89.9 Å². The van der Waals surface area contributed by atoms with Gasteiger partial charge in [0.1, 0.15) is 0 Å². The summed E-state index contributed by atoms with van der Waals surface area (Å²) in [4.78, 5) is 21.0. The molecule has 0 aliphatic carbocycles. The molecule has 2 heterocycles. The summed E-state index contributed by atoms with van der Waals surface area (Å²) in [6.45, 7) is 3.89. The third-order valence-corrected chi connectivity index (χ3v) is 4.62. The molecule has 0 aliphatic heterocycles. The van der Waals surface area contributed by atoms with Crippen molar-refractivity contribution >= 4 is 33.9 Å². The molecule has 0 spiro atoms. The van der Waals surface area contributed by atoms with Crippen molar-refractivity contribution < 1.29 is 4.79 Å². The van der Waals surface area contributed by atoms with Crippen LogP contribution in [0, 0.1) is 13.8 Å². The van der Waals surface area contributed by atoms with Gasteiger partial charge in [0.2, 0.25) is 5.91 Å². The zero-order valence-electron chi connectivity index (χ0n) is 16.4. The molecule has 1 amide bonds. The van der Waals surface area contributed by atoms with Crippen LogP contribution in [0.15, 0.2) is 72.9 Å². The second kappa shape index (κ2) is 8.10. The van der Waals surface area contributed by atoms with Crippen LogP contribution in [-0.2, 0) is 11.2 Å². The molecule has 0 saturated heterocycles. The van der Waals surface area contributed by atoms with E-state index in [2.05, 4.69) is 26.7 Å². The van der Waals surface area contributed by atoms with Crippen molar-refractivity contribution in [2.24, 2.45) is 0 Å². The van der Waals surface area contributed by atoms with E-state index in [0.29, 0.717) is 6.42 Å². The molecule has 0 bridgehead atoms. The molecule has 0 saturated carbocycles. The highest BCUT2D eigenvalue weighted by molar-refractivity contribution is 5.94. The molecule has 0 atom stereocenters. The zero-order chi connectivity index (χ0) is 20.2. The van der Waals surface area contributed by atoms with Crippen molar-refractivity contribution in [3.8, 4) is 0 Å². The van der Waals surface area contributed by atoms with E-state index < -0.39 is 0 Å². The average molecular weight is 382 g/mol. The van der Waals surface area contributed by atoms with Gasteiger partial charge in [-0.25, -0.2) is 0 Å². The second-order valence-corrected chi connectivity index (χ2v) is 7.06. The molecule has 0 radical (unpaired) electrons. The van der Waals surface area contributed by atoms with Gasteiger partial charge in [0, 0.05) is 40.0 Å². The van der Waals surface area contributed by atoms with Crippen LogP contribution in [0.5, 0.6) is 0 Å². The third-order valence-electron chi connectivity index (χ3n) is 4.62. The van der Waals surface area contributed by atoms with Gasteiger partial charge < -0.3 is 10.6 Å². The number of nitrogens with zero attached hydrogens (tertiary/aromatic N) is 2. The Morgan fingerprint density at radius 3 is 2.48 bits per heavy atom. The number of carbonyl (C=O) groups is 1. The number of pyridine rings is 2. The Kier molecular flexibility index (Phi) is 5.20. The molecule has 29 heavy (non-hydrogen) atoms. The first-order valence-corrected chi connectivity index (χ1v) is 9.52. The van der Waals surface area contributed by atoms with E-state index in [1.165, 1.54) is 0 Å². The van der Waals surface area contributed by atoms with E-state index in [-0.39, 0.29) is 5.91 Å². The highest BCUT2D eigenvalue weighted by Crippen LogP contribution is 2.26. The lowest BCUT2D eigenvalue weighted by Crippen LogP contribution is -2.14. The number of carbonyl (C=O) groups excluding carboxylic acids is 1. The normalized spacial score (nSPS) is 10.7. The lowest BCUT2D eigenvalue weighted by molar-refractivity contribution is -0.115. The SMILES string of the molecule is Cc1cc(NC(=O)Cc2ccc(Nc3cc(C)nc4ccccc34)cc2)ccn1. The van der Waals surface area contributed by atoms with Crippen LogP contribution in [0.4, 0.5) is 17.1 Å². The molecule has 2 aromatic carbocycles. The van der Waals surface area contributed by atoms with Crippen LogP contribution in [0.3, 0.4) is 0 Å². The van der Waals surface area contributed by atoms with Gasteiger partial charge in [-0.2, -0.15) is 0 Å². The minimum absolute atomic E-state index is 0.0490. The number of aryl methyl sites for hydroxylation is 2. The van der Waals surface area contributed by atoms with Gasteiger partial charge >= 0.3 is 0 Å². The highest BCUT2D eigenvalue weighted by Gasteiger charge is 2.07. The van der Waals surface area contributed by atoms with Crippen LogP contribution in [0.1, 0.15) is 17.0 Å².